The highest BCUT2D eigenvalue weighted by Crippen LogP contribution is 2.49. The van der Waals surface area contributed by atoms with Crippen LogP contribution in [0.1, 0.15) is 209 Å². The molecule has 0 bridgehead atoms. The molecule has 4 fully saturated rings. The van der Waals surface area contributed by atoms with Crippen LogP contribution in [0.5, 0.6) is 46.0 Å². The Morgan fingerprint density at radius 1 is 0.393 bits per heavy atom. The van der Waals surface area contributed by atoms with E-state index in [0.29, 0.717) is 163 Å². The normalized spacial score (nSPS) is 16.1. The summed E-state index contributed by atoms with van der Waals surface area (Å²) in [6, 6.07) is 0. The third kappa shape index (κ3) is 37.3. The number of aliphatic carboxylic acids is 1. The average molecular weight is 2010 g/mol. The summed E-state index contributed by atoms with van der Waals surface area (Å²) in [6.07, 6.45) is 12.4. The third-order valence-corrected chi connectivity index (χ3v) is 25.6. The first-order valence-electron chi connectivity index (χ1n) is 47.2. The van der Waals surface area contributed by atoms with Crippen molar-refractivity contribution in [2.75, 3.05) is 226 Å². The Morgan fingerprint density at radius 2 is 0.664 bits per heavy atom. The minimum absolute atomic E-state index is 0. The second kappa shape index (κ2) is 59.6. The van der Waals surface area contributed by atoms with Crippen LogP contribution >= 0.6 is 14.3 Å². The number of phenolic OH excluding ortho intramolecular Hbond substituents is 2. The Bertz CT molecular complexity index is 4940. The van der Waals surface area contributed by atoms with Crippen LogP contribution in [0.15, 0.2) is 46.6 Å². The first kappa shape index (κ1) is 118. The largest absolute Gasteiger partial charge is 0.507 e. The number of fused-ring (bicyclic) bond motifs is 4. The Hall–Kier alpha value is -10.2. The minimum Gasteiger partial charge on any atom is -0.507 e. The lowest BCUT2D eigenvalue weighted by molar-refractivity contribution is -0.908. The third-order valence-electron chi connectivity index (χ3n) is 24.1. The lowest BCUT2D eigenvalue weighted by Gasteiger charge is -2.26. The van der Waals surface area contributed by atoms with E-state index < -0.39 is 44.1 Å². The highest BCUT2D eigenvalue weighted by molar-refractivity contribution is 7.62. The van der Waals surface area contributed by atoms with Gasteiger partial charge in [-0.2, -0.15) is 0 Å². The second-order valence-corrected chi connectivity index (χ2v) is 42.8. The molecule has 5 N–H and O–H groups in total. The van der Waals surface area contributed by atoms with Gasteiger partial charge < -0.3 is 120 Å². The van der Waals surface area contributed by atoms with E-state index >= 15 is 0 Å². The number of quaternary nitrogens is 1. The number of benzene rings is 4. The fourth-order valence-corrected chi connectivity index (χ4v) is 17.1. The maximum absolute atomic E-state index is 12.5. The number of carboxylic acid groups (broad SMARTS) is 1. The fraction of sp³-hybridized carbons (Fsp3) is 0.598. The molecule has 38 heteroatoms. The number of morpholine rings is 4. The molecule has 4 aromatic carbocycles. The van der Waals surface area contributed by atoms with Crippen molar-refractivity contribution in [2.24, 2.45) is 0 Å². The van der Waals surface area contributed by atoms with Crippen molar-refractivity contribution < 1.29 is 158 Å². The lowest BCUT2D eigenvalue weighted by Crippen LogP contribution is -3.14. The van der Waals surface area contributed by atoms with Gasteiger partial charge in [-0.05, 0) is 170 Å². The number of cyclic esters (lactones) is 4. The summed E-state index contributed by atoms with van der Waals surface area (Å²) in [5, 5.41) is 38.3. The number of allylic oxidation sites excluding steroid dienone is 8. The monoisotopic (exact) mass is 2010 g/mol. The Balaban J connectivity index is 0.000000275. The smallest absolute Gasteiger partial charge is 0.342 e. The number of aromatic hydroxyl groups is 2. The summed E-state index contributed by atoms with van der Waals surface area (Å²) < 4.78 is 117. The van der Waals surface area contributed by atoms with E-state index in [1.807, 2.05) is 79.7 Å². The van der Waals surface area contributed by atoms with Gasteiger partial charge in [0.15, 0.2) is 0 Å². The molecule has 0 radical (unpaired) electrons. The van der Waals surface area contributed by atoms with Gasteiger partial charge in [0.25, 0.3) is 0 Å². The molecule has 0 aromatic heterocycles. The average Bonchev–Trinajstić information content (AvgIpc) is 1.58. The van der Waals surface area contributed by atoms with Crippen molar-refractivity contribution in [1.29, 1.82) is 0 Å². The van der Waals surface area contributed by atoms with E-state index in [1.165, 1.54) is 25.9 Å². The number of ketones is 1. The van der Waals surface area contributed by atoms with Crippen molar-refractivity contribution in [3.63, 3.8) is 0 Å². The molecule has 0 saturated carbocycles. The van der Waals surface area contributed by atoms with Gasteiger partial charge in [-0.3, -0.25) is 33.9 Å². The van der Waals surface area contributed by atoms with E-state index in [2.05, 4.69) is 14.7 Å². The zero-order valence-corrected chi connectivity index (χ0v) is 86.3. The van der Waals surface area contributed by atoms with Crippen LogP contribution in [0.3, 0.4) is 0 Å². The number of hydrogen-bond donors (Lipinski definition) is 5. The highest BCUT2D eigenvalue weighted by atomic mass is 31.2. The molecule has 780 valence electrons. The molecular formula is C102H151N4O32P2+. The predicted octanol–water partition coefficient (Wildman–Crippen LogP) is 11.9. The molecule has 0 spiro atoms. The summed E-state index contributed by atoms with van der Waals surface area (Å²) in [5.41, 5.74) is 13.6. The number of rotatable bonds is 41. The van der Waals surface area contributed by atoms with Gasteiger partial charge in [0.05, 0.1) is 87.9 Å². The molecule has 0 aliphatic carbocycles. The molecule has 8 heterocycles. The number of esters is 7. The SMILES string of the molecule is C.CC(C)=O.COc1c(C)c2c(c(O)c1C/C=C(\C)CCC(=O)O)C(=O)OC2.COc1c(C)c2c(c(O)c1C/C=C(\C)CCC(=O)OCCN1CCOCC1)C(=O)OC2.COc1c(C)c2c(c(OCP(C)(C)=O)c1C/C=C(\C)CCC(=O)OCCN1CCOCC1)C(=O)OC2.COc1c(C)c2c(c(OCP(C)(C)=O)c1C/C=C(\C)CCC(=O)OCC[NH+]1CCOCC1)C(=O)OC2.OCCN1CCOCC1. The number of carboxylic acids is 1. The molecule has 140 heavy (non-hydrogen) atoms. The summed E-state index contributed by atoms with van der Waals surface area (Å²) in [7, 11) is 1.21. The number of nitrogens with zero attached hydrogens (tertiary/aromatic N) is 3. The van der Waals surface area contributed by atoms with Gasteiger partial charge in [-0.25, -0.2) is 19.2 Å². The van der Waals surface area contributed by atoms with Gasteiger partial charge in [0, 0.05) is 129 Å². The molecule has 4 aromatic rings. The number of ether oxygens (including phenoxy) is 17. The molecule has 8 aliphatic heterocycles. The van der Waals surface area contributed by atoms with Crippen molar-refractivity contribution in [1.82, 2.24) is 14.7 Å². The number of carbonyl (C=O) groups excluding carboxylic acids is 8. The fourth-order valence-electron chi connectivity index (χ4n) is 16.2. The number of aliphatic hydroxyl groups is 1. The van der Waals surface area contributed by atoms with Crippen LogP contribution in [0, 0.1) is 27.7 Å². The van der Waals surface area contributed by atoms with Crippen molar-refractivity contribution in [2.45, 2.75) is 180 Å². The standard InChI is InChI=1S/2C26H38NO8P.C23H31NO7.C17H20O6.C6H13NO2.C3H6O.CH4/c2*1-18(7-9-22(28)33-15-12-27-10-13-32-14-11-27)6-8-20-24(31-3)19(2)21-16-34-26(29)23(21)25(20)35-17-36(4,5)30;1-15(5-7-19(25)30-13-10-24-8-11-29-12-9-24)4-6-17-21(26)20-18(14-31-23(20)27)16(2)22(17)28-3;1-9(5-7-13(18)19)4-6-11-15(20)14-12(8-23-17(14)21)10(2)16(11)22-3;8-4-1-7-2-5-9-6-3-7;1-3(2)4;/h2*6H,7-17H2,1-5H3;4,26H,5-14H2,1-3H3;4,20H,5-8H2,1-3H3,(H,18,19);8H,1-6H2;1-2H3;1H4/p+1/b2*18-6+;15-4+;9-4+;;;. The zero-order chi connectivity index (χ0) is 102. The molecule has 8 aliphatic rings. The van der Waals surface area contributed by atoms with Gasteiger partial charge in [-0.15, -0.1) is 0 Å². The summed E-state index contributed by atoms with van der Waals surface area (Å²) >= 11 is 0. The molecule has 0 atom stereocenters. The maximum atomic E-state index is 12.5. The van der Waals surface area contributed by atoms with Gasteiger partial charge >= 0.3 is 47.8 Å². The molecule has 4 saturated heterocycles. The first-order chi connectivity index (χ1) is 66.1. The second-order valence-electron chi connectivity index (χ2n) is 36.0. The first-order valence-corrected chi connectivity index (χ1v) is 52.7. The van der Waals surface area contributed by atoms with Crippen molar-refractivity contribution in [3.8, 4) is 46.0 Å². The van der Waals surface area contributed by atoms with Crippen LogP contribution in [0.25, 0.3) is 0 Å². The number of phenols is 2. The van der Waals surface area contributed by atoms with E-state index in [0.717, 1.165) is 187 Å². The van der Waals surface area contributed by atoms with Crippen LogP contribution in [-0.2, 0) is 137 Å². The number of Topliss-reactive ketones (excluding diaryl/α,β-unsaturated/α-hetero) is 1. The molecule has 12 rings (SSSR count). The number of nitrogens with one attached hydrogen (secondary N) is 1. The Labute approximate surface area is 823 Å². The summed E-state index contributed by atoms with van der Waals surface area (Å²) in [5.74, 6) is -0.437. The molecule has 0 unspecified atom stereocenters. The van der Waals surface area contributed by atoms with Crippen LogP contribution in [0.4, 0.5) is 0 Å². The zero-order valence-electron chi connectivity index (χ0n) is 84.5. The Kier molecular flexibility index (Phi) is 50.5. The Morgan fingerprint density at radius 3 is 0.964 bits per heavy atom. The molecule has 36 nitrogen and oxygen atoms in total. The highest BCUT2D eigenvalue weighted by Gasteiger charge is 2.38. The van der Waals surface area contributed by atoms with Crippen molar-refractivity contribution in [3.05, 3.63) is 136 Å². The number of hydrogen-bond acceptors (Lipinski definition) is 34. The van der Waals surface area contributed by atoms with E-state index in [9.17, 15) is 62.5 Å². The predicted molar refractivity (Wildman–Crippen MR) is 526 cm³/mol. The van der Waals surface area contributed by atoms with Crippen molar-refractivity contribution >= 4 is 67.8 Å². The molecular weight excluding hydrogens is 1860 g/mol. The van der Waals surface area contributed by atoms with Crippen LogP contribution < -0.4 is 33.3 Å². The van der Waals surface area contributed by atoms with E-state index in [1.54, 1.807) is 48.0 Å². The van der Waals surface area contributed by atoms with Crippen LogP contribution in [0.2, 0.25) is 0 Å². The quantitative estimate of drug-likeness (QED) is 0.0119. The maximum Gasteiger partial charge on any atom is 0.342 e. The summed E-state index contributed by atoms with van der Waals surface area (Å²) in [4.78, 5) is 113. The number of β-amino-alcohol motifs (C(OH)–C–C–N with tert-alkyl or cyclic N) is 1. The van der Waals surface area contributed by atoms with Gasteiger partial charge in [0.2, 0.25) is 0 Å². The number of methoxy groups -OCH3 is 4. The summed E-state index contributed by atoms with van der Waals surface area (Å²) in [6.45, 7) is 43.2. The van der Waals surface area contributed by atoms with Gasteiger partial charge in [0.1, 0.15) is 167 Å². The number of aliphatic hydroxyl groups excluding tert-OH is 1. The number of carbonyl (C=O) groups is 9. The van der Waals surface area contributed by atoms with E-state index in [-0.39, 0.29) is 112 Å². The van der Waals surface area contributed by atoms with Gasteiger partial charge in [-0.1, -0.05) is 54.0 Å². The molecule has 0 amide bonds. The lowest BCUT2D eigenvalue weighted by atomic mass is 9.94. The van der Waals surface area contributed by atoms with E-state index in [4.69, 9.17) is 90.7 Å². The topological polar surface area (TPSA) is 440 Å². The van der Waals surface area contributed by atoms with Crippen LogP contribution in [-0.4, -0.2) is 314 Å². The minimum atomic E-state index is -2.50.